The van der Waals surface area contributed by atoms with Gasteiger partial charge < -0.3 is 14.6 Å². The predicted molar refractivity (Wildman–Crippen MR) is 302 cm³/mol. The lowest BCUT2D eigenvalue weighted by atomic mass is 10.1. The van der Waals surface area contributed by atoms with Gasteiger partial charge in [0, 0.05) is 32.5 Å². The summed E-state index contributed by atoms with van der Waals surface area (Å²) >= 11 is 8.64. The Morgan fingerprint density at radius 1 is 0.646 bits per heavy atom. The summed E-state index contributed by atoms with van der Waals surface area (Å²) in [6, 6.07) is 24.0. The number of pyridine rings is 1. The van der Waals surface area contributed by atoms with Gasteiger partial charge >= 0.3 is 0 Å². The van der Waals surface area contributed by atoms with Crippen LogP contribution in [0.25, 0.3) is 16.7 Å². The Bertz CT molecular complexity index is 4000. The fraction of sp³-hybridized carbons (Fsp3) is 0.280. The quantitative estimate of drug-likeness (QED) is 0.0189. The molecule has 414 valence electrons. The predicted octanol–water partition coefficient (Wildman–Crippen LogP) is 14.0. The molecule has 0 fully saturated rings. The average molecular weight is 1190 g/mol. The van der Waals surface area contributed by atoms with E-state index in [1.165, 1.54) is 41.1 Å². The lowest BCUT2D eigenvalue weighted by molar-refractivity contribution is 0.317. The molecule has 0 saturated heterocycles. The molecule has 4 N–H and O–H groups in total. The molecule has 0 amide bonds. The summed E-state index contributed by atoms with van der Waals surface area (Å²) in [6.45, 7) is 6.67. The fourth-order valence-electron chi connectivity index (χ4n) is 7.51. The zero-order valence-corrected chi connectivity index (χ0v) is 47.6. The van der Waals surface area contributed by atoms with Gasteiger partial charge in [0.05, 0.1) is 76.1 Å². The van der Waals surface area contributed by atoms with Gasteiger partial charge in [-0.05, 0) is 136 Å². The van der Waals surface area contributed by atoms with Crippen molar-refractivity contribution < 1.29 is 53.5 Å². The van der Waals surface area contributed by atoms with Gasteiger partial charge in [-0.2, -0.15) is 51.0 Å². The molecule has 0 aliphatic heterocycles. The SMILES string of the molecule is COc1ccc2c(c1)nc1c(C#N)c(C)c(N=Nc3cc(C)c(N=Nc4cc(C)c(N=Nc5cc(C)c(N=Nc6cccc(Cl)c6)cc5SCCCS(=O)(=O)O)cc4SCCCS(=O)(=O)O)cc3OCCCS(=O)(=O)O)c(O)n12. The summed E-state index contributed by atoms with van der Waals surface area (Å²) < 4.78 is 110. The minimum Gasteiger partial charge on any atom is -0.497 e. The van der Waals surface area contributed by atoms with Crippen LogP contribution in [0, 0.1) is 39.0 Å². The van der Waals surface area contributed by atoms with Crippen LogP contribution in [-0.2, 0) is 30.4 Å². The molecule has 7 rings (SSSR count). The molecule has 2 aromatic heterocycles. The monoisotopic (exact) mass is 1190 g/mol. The largest absolute Gasteiger partial charge is 0.497 e. The number of aromatic hydroxyl groups is 1. The zero-order chi connectivity index (χ0) is 57.2. The number of halogens is 1. The number of azo groups is 4. The first-order chi connectivity index (χ1) is 37.4. The van der Waals surface area contributed by atoms with Gasteiger partial charge in [-0.25, -0.2) is 4.98 Å². The number of methoxy groups -OCH3 is 1. The van der Waals surface area contributed by atoms with E-state index in [1.54, 1.807) is 93.6 Å². The van der Waals surface area contributed by atoms with Crippen molar-refractivity contribution in [3.8, 4) is 23.4 Å². The fourth-order valence-corrected chi connectivity index (χ4v) is 11.5. The van der Waals surface area contributed by atoms with Gasteiger partial charge in [0.2, 0.25) is 5.88 Å². The first kappa shape index (κ1) is 59.7. The number of hydrogen-bond donors (Lipinski definition) is 4. The van der Waals surface area contributed by atoms with Crippen molar-refractivity contribution in [2.24, 2.45) is 40.9 Å². The second-order valence-corrected chi connectivity index (χ2v) is 24.9. The number of ether oxygens (including phenoxy) is 2. The lowest BCUT2D eigenvalue weighted by Crippen LogP contribution is -2.08. The number of fused-ring (bicyclic) bond motifs is 3. The summed E-state index contributed by atoms with van der Waals surface area (Å²) in [5.74, 6) is -0.798. The molecule has 0 aliphatic rings. The third kappa shape index (κ3) is 16.3. The van der Waals surface area contributed by atoms with E-state index >= 15 is 0 Å². The summed E-state index contributed by atoms with van der Waals surface area (Å²) in [6.07, 6.45) is 0.102. The second kappa shape index (κ2) is 25.9. The molecule has 0 radical (unpaired) electrons. The van der Waals surface area contributed by atoms with Crippen LogP contribution in [0.4, 0.5) is 45.5 Å². The maximum Gasteiger partial charge on any atom is 0.264 e. The van der Waals surface area contributed by atoms with Crippen LogP contribution < -0.4 is 9.47 Å². The van der Waals surface area contributed by atoms with Crippen molar-refractivity contribution in [3.63, 3.8) is 0 Å². The molecular formula is C50H50ClN11O12S5. The Hall–Kier alpha value is -6.94. The van der Waals surface area contributed by atoms with Gasteiger partial charge in [-0.15, -0.1) is 44.0 Å². The van der Waals surface area contributed by atoms with E-state index in [9.17, 15) is 49.3 Å². The van der Waals surface area contributed by atoms with Gasteiger partial charge in [-0.3, -0.25) is 18.1 Å². The summed E-state index contributed by atoms with van der Waals surface area (Å²) in [5.41, 5.74) is 5.83. The van der Waals surface area contributed by atoms with Crippen LogP contribution in [0.1, 0.15) is 47.1 Å². The van der Waals surface area contributed by atoms with Gasteiger partial charge in [0.15, 0.2) is 11.3 Å². The van der Waals surface area contributed by atoms with Crippen LogP contribution in [0.15, 0.2) is 130 Å². The number of aromatic nitrogens is 2. The number of aryl methyl sites for hydroxylation is 3. The molecule has 79 heavy (non-hydrogen) atoms. The van der Waals surface area contributed by atoms with Crippen LogP contribution >= 0.6 is 35.1 Å². The van der Waals surface area contributed by atoms with Crippen molar-refractivity contribution in [2.75, 3.05) is 42.5 Å². The van der Waals surface area contributed by atoms with E-state index in [4.69, 9.17) is 21.1 Å². The smallest absolute Gasteiger partial charge is 0.264 e. The van der Waals surface area contributed by atoms with Gasteiger partial charge in [-0.1, -0.05) is 17.7 Å². The Morgan fingerprint density at radius 3 is 1.71 bits per heavy atom. The number of rotatable bonds is 24. The Balaban J connectivity index is 1.25. The molecule has 0 bridgehead atoms. The molecule has 0 atom stereocenters. The number of hydrogen-bond acceptors (Lipinski definition) is 21. The number of nitrogens with zero attached hydrogens (tertiary/aromatic N) is 11. The maximum absolute atomic E-state index is 11.6. The van der Waals surface area contributed by atoms with Gasteiger partial charge in [0.25, 0.3) is 30.4 Å². The Kier molecular flexibility index (Phi) is 19.6. The standard InChI is InChI=1S/C50H50ClN11O12S5/c1-29-20-41(58-61-48-32(4)36(28-52)49-53-40-24-35(73-5)12-13-44(40)62(49)50(48)63)45(74-14-7-17-77(64,65)66)25-37(29)56-59-42-22-31(3)39(27-47(42)76-16-9-19-79(70,71)72)57-60-43-21-30(2)38(55-54-34-11-6-10-33(51)23-34)26-46(43)75-15-8-18-78(67,68)69/h6,10-13,20-27,63H,7-9,14-19H2,1-5H3,(H,64,65,66)(H,67,68,69)(H,70,71,72). The molecule has 29 heteroatoms. The molecule has 0 spiro atoms. The average Bonchev–Trinajstić information content (AvgIpc) is 4.05. The van der Waals surface area contributed by atoms with Crippen molar-refractivity contribution in [1.82, 2.24) is 9.38 Å². The van der Waals surface area contributed by atoms with Crippen LogP contribution in [0.5, 0.6) is 17.4 Å². The van der Waals surface area contributed by atoms with Crippen molar-refractivity contribution in [2.45, 2.75) is 56.7 Å². The molecule has 2 heterocycles. The third-order valence-corrected chi connectivity index (χ3v) is 16.4. The molecule has 23 nitrogen and oxygen atoms in total. The van der Waals surface area contributed by atoms with E-state index in [0.717, 1.165) is 0 Å². The van der Waals surface area contributed by atoms with Gasteiger partial charge in [0.1, 0.15) is 28.8 Å². The number of nitriles is 1. The highest BCUT2D eigenvalue weighted by Gasteiger charge is 2.22. The van der Waals surface area contributed by atoms with E-state index in [0.29, 0.717) is 82.5 Å². The van der Waals surface area contributed by atoms with Crippen molar-refractivity contribution in [3.05, 3.63) is 112 Å². The molecule has 7 aromatic rings. The number of benzene rings is 5. The zero-order valence-electron chi connectivity index (χ0n) is 42.8. The highest BCUT2D eigenvalue weighted by atomic mass is 35.5. The normalized spacial score (nSPS) is 12.6. The lowest BCUT2D eigenvalue weighted by Gasteiger charge is -2.12. The molecule has 0 aliphatic carbocycles. The molecule has 0 saturated carbocycles. The molecule has 5 aromatic carbocycles. The highest BCUT2D eigenvalue weighted by molar-refractivity contribution is 7.99. The van der Waals surface area contributed by atoms with E-state index in [2.05, 4.69) is 52.0 Å². The second-order valence-electron chi connectivity index (χ2n) is 17.5. The summed E-state index contributed by atoms with van der Waals surface area (Å²) in [4.78, 5) is 5.66. The van der Waals surface area contributed by atoms with E-state index < -0.39 is 47.6 Å². The van der Waals surface area contributed by atoms with Crippen LogP contribution in [-0.4, -0.2) is 95.9 Å². The summed E-state index contributed by atoms with van der Waals surface area (Å²) in [5, 5.41) is 58.2. The minimum atomic E-state index is -4.32. The Morgan fingerprint density at radius 2 is 1.16 bits per heavy atom. The van der Waals surface area contributed by atoms with E-state index in [-0.39, 0.29) is 77.1 Å². The van der Waals surface area contributed by atoms with Crippen molar-refractivity contribution >= 4 is 128 Å². The summed E-state index contributed by atoms with van der Waals surface area (Å²) in [7, 11) is -11.3. The van der Waals surface area contributed by atoms with Crippen LogP contribution in [0.3, 0.4) is 0 Å². The highest BCUT2D eigenvalue weighted by Crippen LogP contribution is 2.44. The molecule has 0 unspecified atom stereocenters. The molecular weight excluding hydrogens is 1140 g/mol. The van der Waals surface area contributed by atoms with Crippen LogP contribution in [0.2, 0.25) is 5.02 Å². The minimum absolute atomic E-state index is 0.0489. The number of thioether (sulfide) groups is 2. The number of imidazole rings is 1. The maximum atomic E-state index is 11.6. The van der Waals surface area contributed by atoms with Crippen molar-refractivity contribution in [1.29, 1.82) is 5.26 Å². The van der Waals surface area contributed by atoms with E-state index in [1.807, 2.05) is 6.92 Å². The topological polar surface area (TPSA) is 342 Å². The Labute approximate surface area is 468 Å². The first-order valence-corrected chi connectivity index (χ1v) is 30.8. The first-order valence-electron chi connectivity index (χ1n) is 23.6. The third-order valence-electron chi connectivity index (χ3n) is 11.5.